The number of imide groups is 1. The third kappa shape index (κ3) is 5.24. The first kappa shape index (κ1) is 15.9. The van der Waals surface area contributed by atoms with Crippen molar-refractivity contribution < 1.29 is 24.2 Å². The summed E-state index contributed by atoms with van der Waals surface area (Å²) in [5, 5.41) is 19.5. The fraction of sp³-hybridized carbons (Fsp3) is 0.667. The molecule has 1 aliphatic heterocycles. The summed E-state index contributed by atoms with van der Waals surface area (Å²) in [6.45, 7) is 2.29. The lowest BCUT2D eigenvalue weighted by Gasteiger charge is -2.29. The van der Waals surface area contributed by atoms with Crippen LogP contribution in [0.4, 0.5) is 4.79 Å². The molecule has 0 aromatic heterocycles. The molecule has 0 aromatic carbocycles. The molecule has 0 aliphatic carbocycles. The van der Waals surface area contributed by atoms with E-state index >= 15 is 0 Å². The number of rotatable bonds is 4. The van der Waals surface area contributed by atoms with E-state index in [4.69, 9.17) is 15.1 Å². The number of urea groups is 1. The third-order valence-corrected chi connectivity index (χ3v) is 2.80. The summed E-state index contributed by atoms with van der Waals surface area (Å²) in [4.78, 5) is 35.2. The highest BCUT2D eigenvalue weighted by Crippen LogP contribution is 2.08. The van der Waals surface area contributed by atoms with Crippen LogP contribution < -0.4 is 5.32 Å². The SMILES string of the molecule is CC(CC(=O)O)CC(=O)NC(=O)N1CCOC(C#N)C1. The number of carbonyl (C=O) groups is 3. The maximum atomic E-state index is 11.8. The van der Waals surface area contributed by atoms with Crippen molar-refractivity contribution in [1.82, 2.24) is 10.2 Å². The number of carboxylic acid groups (broad SMARTS) is 1. The number of nitriles is 1. The number of hydrogen-bond donors (Lipinski definition) is 2. The Morgan fingerprint density at radius 1 is 1.50 bits per heavy atom. The lowest BCUT2D eigenvalue weighted by molar-refractivity contribution is -0.138. The molecule has 3 amide bonds. The van der Waals surface area contributed by atoms with Gasteiger partial charge in [-0.15, -0.1) is 0 Å². The predicted molar refractivity (Wildman–Crippen MR) is 66.5 cm³/mol. The van der Waals surface area contributed by atoms with Gasteiger partial charge in [0.05, 0.1) is 19.2 Å². The van der Waals surface area contributed by atoms with Crippen molar-refractivity contribution in [3.05, 3.63) is 0 Å². The van der Waals surface area contributed by atoms with Gasteiger partial charge in [0.25, 0.3) is 0 Å². The Hall–Kier alpha value is -2.14. The van der Waals surface area contributed by atoms with Crippen LogP contribution in [0.25, 0.3) is 0 Å². The van der Waals surface area contributed by atoms with Crippen molar-refractivity contribution in [3.8, 4) is 6.07 Å². The third-order valence-electron chi connectivity index (χ3n) is 2.80. The van der Waals surface area contributed by atoms with Crippen LogP contribution in [0, 0.1) is 17.2 Å². The number of hydrogen-bond acceptors (Lipinski definition) is 5. The molecular weight excluding hydrogens is 266 g/mol. The van der Waals surface area contributed by atoms with Gasteiger partial charge in [-0.1, -0.05) is 6.92 Å². The van der Waals surface area contributed by atoms with Crippen LogP contribution in [0.2, 0.25) is 0 Å². The van der Waals surface area contributed by atoms with Crippen molar-refractivity contribution in [2.75, 3.05) is 19.7 Å². The van der Waals surface area contributed by atoms with Gasteiger partial charge < -0.3 is 14.7 Å². The van der Waals surface area contributed by atoms with Gasteiger partial charge in [0.15, 0.2) is 6.10 Å². The van der Waals surface area contributed by atoms with E-state index in [9.17, 15) is 14.4 Å². The Morgan fingerprint density at radius 2 is 2.20 bits per heavy atom. The molecule has 0 radical (unpaired) electrons. The molecule has 1 aliphatic rings. The van der Waals surface area contributed by atoms with Crippen LogP contribution >= 0.6 is 0 Å². The molecular formula is C12H17N3O5. The summed E-state index contributed by atoms with van der Waals surface area (Å²) in [6.07, 6.45) is -0.852. The molecule has 1 heterocycles. The molecule has 0 saturated carbocycles. The van der Waals surface area contributed by atoms with Gasteiger partial charge in [-0.05, 0) is 5.92 Å². The number of amides is 3. The first-order valence-electron chi connectivity index (χ1n) is 6.24. The first-order chi connectivity index (χ1) is 9.42. The second-order valence-corrected chi connectivity index (χ2v) is 4.70. The molecule has 8 heteroatoms. The fourth-order valence-electron chi connectivity index (χ4n) is 1.85. The van der Waals surface area contributed by atoms with Gasteiger partial charge in [-0.2, -0.15) is 5.26 Å². The lowest BCUT2D eigenvalue weighted by Crippen LogP contribution is -2.50. The second kappa shape index (κ2) is 7.45. The smallest absolute Gasteiger partial charge is 0.324 e. The topological polar surface area (TPSA) is 120 Å². The summed E-state index contributed by atoms with van der Waals surface area (Å²) in [7, 11) is 0. The van der Waals surface area contributed by atoms with Gasteiger partial charge in [0.2, 0.25) is 5.91 Å². The molecule has 20 heavy (non-hydrogen) atoms. The van der Waals surface area contributed by atoms with E-state index in [1.54, 1.807) is 6.92 Å². The summed E-state index contributed by atoms with van der Waals surface area (Å²) in [5.41, 5.74) is 0. The molecule has 2 N–H and O–H groups in total. The Labute approximate surface area is 116 Å². The maximum Gasteiger partial charge on any atom is 0.324 e. The number of morpholine rings is 1. The van der Waals surface area contributed by atoms with E-state index in [1.165, 1.54) is 4.90 Å². The number of carbonyl (C=O) groups excluding carboxylic acids is 2. The zero-order valence-electron chi connectivity index (χ0n) is 11.2. The van der Waals surface area contributed by atoms with Crippen LogP contribution in [-0.4, -0.2) is 53.7 Å². The van der Waals surface area contributed by atoms with Crippen LogP contribution in [0.1, 0.15) is 19.8 Å². The quantitative estimate of drug-likeness (QED) is 0.746. The zero-order chi connectivity index (χ0) is 15.1. The van der Waals surface area contributed by atoms with Crippen LogP contribution in [0.15, 0.2) is 0 Å². The van der Waals surface area contributed by atoms with Crippen molar-refractivity contribution in [1.29, 1.82) is 5.26 Å². The minimum absolute atomic E-state index is 0.0376. The Balaban J connectivity index is 2.39. The molecule has 0 spiro atoms. The van der Waals surface area contributed by atoms with E-state index in [0.29, 0.717) is 6.54 Å². The van der Waals surface area contributed by atoms with Gasteiger partial charge >= 0.3 is 12.0 Å². The number of nitrogens with zero attached hydrogens (tertiary/aromatic N) is 2. The molecule has 1 rings (SSSR count). The van der Waals surface area contributed by atoms with Gasteiger partial charge in [0.1, 0.15) is 0 Å². The molecule has 8 nitrogen and oxygen atoms in total. The Kier molecular flexibility index (Phi) is 5.93. The molecule has 0 aromatic rings. The van der Waals surface area contributed by atoms with E-state index < -0.39 is 24.0 Å². The predicted octanol–water partition coefficient (Wildman–Crippen LogP) is -0.0521. The first-order valence-corrected chi connectivity index (χ1v) is 6.24. The van der Waals surface area contributed by atoms with Crippen LogP contribution in [-0.2, 0) is 14.3 Å². The Bertz CT molecular complexity index is 431. The summed E-state index contributed by atoms with van der Waals surface area (Å²) in [5.74, 6) is -1.86. The van der Waals surface area contributed by atoms with Crippen molar-refractivity contribution in [2.45, 2.75) is 25.9 Å². The highest BCUT2D eigenvalue weighted by molar-refractivity contribution is 5.94. The van der Waals surface area contributed by atoms with E-state index in [1.807, 2.05) is 6.07 Å². The van der Waals surface area contributed by atoms with E-state index in [2.05, 4.69) is 5.32 Å². The van der Waals surface area contributed by atoms with Crippen LogP contribution in [0.5, 0.6) is 0 Å². The summed E-state index contributed by atoms with van der Waals surface area (Å²) < 4.78 is 5.09. The minimum atomic E-state index is -0.985. The number of aliphatic carboxylic acids is 1. The molecule has 1 fully saturated rings. The van der Waals surface area contributed by atoms with Crippen molar-refractivity contribution >= 4 is 17.9 Å². The second-order valence-electron chi connectivity index (χ2n) is 4.70. The average Bonchev–Trinajstić information content (AvgIpc) is 2.37. The van der Waals surface area contributed by atoms with E-state index in [0.717, 1.165) is 0 Å². The average molecular weight is 283 g/mol. The fourth-order valence-corrected chi connectivity index (χ4v) is 1.85. The maximum absolute atomic E-state index is 11.8. The monoisotopic (exact) mass is 283 g/mol. The molecule has 2 unspecified atom stereocenters. The molecule has 2 atom stereocenters. The normalized spacial score (nSPS) is 19.8. The van der Waals surface area contributed by atoms with E-state index in [-0.39, 0.29) is 31.9 Å². The van der Waals surface area contributed by atoms with Crippen LogP contribution in [0.3, 0.4) is 0 Å². The highest BCUT2D eigenvalue weighted by atomic mass is 16.5. The molecule has 1 saturated heterocycles. The zero-order valence-corrected chi connectivity index (χ0v) is 11.2. The summed E-state index contributed by atoms with van der Waals surface area (Å²) >= 11 is 0. The largest absolute Gasteiger partial charge is 0.481 e. The van der Waals surface area contributed by atoms with Crippen molar-refractivity contribution in [3.63, 3.8) is 0 Å². The standard InChI is InChI=1S/C12H17N3O5/c1-8(5-11(17)18)4-10(16)14-12(19)15-2-3-20-9(6-13)7-15/h8-9H,2-5,7H2,1H3,(H,17,18)(H,14,16,19). The highest BCUT2D eigenvalue weighted by Gasteiger charge is 2.25. The lowest BCUT2D eigenvalue weighted by atomic mass is 10.0. The summed E-state index contributed by atoms with van der Waals surface area (Å²) in [6, 6.07) is 1.32. The van der Waals surface area contributed by atoms with Gasteiger partial charge in [-0.25, -0.2) is 4.79 Å². The molecule has 0 bridgehead atoms. The Morgan fingerprint density at radius 3 is 2.80 bits per heavy atom. The van der Waals surface area contributed by atoms with Gasteiger partial charge in [0, 0.05) is 19.4 Å². The number of ether oxygens (including phenoxy) is 1. The van der Waals surface area contributed by atoms with Gasteiger partial charge in [-0.3, -0.25) is 14.9 Å². The van der Waals surface area contributed by atoms with Crippen molar-refractivity contribution in [2.24, 2.45) is 5.92 Å². The molecule has 110 valence electrons. The number of carboxylic acids is 1. The number of nitrogens with one attached hydrogen (secondary N) is 1. The minimum Gasteiger partial charge on any atom is -0.481 e.